The van der Waals surface area contributed by atoms with E-state index in [-0.39, 0.29) is 0 Å². The van der Waals surface area contributed by atoms with Crippen LogP contribution < -0.4 is 0 Å². The minimum atomic E-state index is -4.41. The van der Waals surface area contributed by atoms with Crippen LogP contribution in [0.4, 0.5) is 13.2 Å². The molecular formula is C24H21F3N4. The second-order valence-electron chi connectivity index (χ2n) is 8.14. The number of aromatic nitrogens is 4. The summed E-state index contributed by atoms with van der Waals surface area (Å²) in [5, 5.41) is 1.17. The van der Waals surface area contributed by atoms with E-state index in [2.05, 4.69) is 32.1 Å². The van der Waals surface area contributed by atoms with Gasteiger partial charge in [0.05, 0.1) is 0 Å². The number of rotatable bonds is 6. The Morgan fingerprint density at radius 3 is 2.39 bits per heavy atom. The van der Waals surface area contributed by atoms with Gasteiger partial charge in [-0.05, 0) is 72.1 Å². The molecule has 4 aromatic heterocycles. The molecule has 31 heavy (non-hydrogen) atoms. The topological polar surface area (TPSA) is 54.5 Å². The lowest BCUT2D eigenvalue weighted by atomic mass is 10.0. The van der Waals surface area contributed by atoms with Crippen molar-refractivity contribution in [3.63, 3.8) is 0 Å². The van der Waals surface area contributed by atoms with Gasteiger partial charge in [-0.15, -0.1) is 0 Å². The van der Waals surface area contributed by atoms with Gasteiger partial charge in [-0.3, -0.25) is 9.97 Å². The maximum absolute atomic E-state index is 12.6. The molecule has 0 amide bonds. The Hall–Kier alpha value is -3.22. The van der Waals surface area contributed by atoms with Crippen LogP contribution >= 0.6 is 0 Å². The molecule has 4 heterocycles. The van der Waals surface area contributed by atoms with Gasteiger partial charge in [-0.2, -0.15) is 13.2 Å². The van der Waals surface area contributed by atoms with E-state index in [0.29, 0.717) is 18.8 Å². The number of pyridine rings is 3. The van der Waals surface area contributed by atoms with Crippen molar-refractivity contribution >= 4 is 11.0 Å². The number of fused-ring (bicyclic) bond motifs is 1. The zero-order valence-electron chi connectivity index (χ0n) is 16.8. The largest absolute Gasteiger partial charge is 0.433 e. The lowest BCUT2D eigenvalue weighted by Crippen LogP contribution is -2.07. The molecule has 0 aliphatic heterocycles. The molecule has 1 saturated carbocycles. The third kappa shape index (κ3) is 4.45. The molecule has 5 rings (SSSR count). The highest BCUT2D eigenvalue weighted by Crippen LogP contribution is 2.40. The summed E-state index contributed by atoms with van der Waals surface area (Å²) in [7, 11) is 0. The first-order valence-corrected chi connectivity index (χ1v) is 10.4. The monoisotopic (exact) mass is 422 g/mol. The van der Waals surface area contributed by atoms with Crippen molar-refractivity contribution in [2.45, 2.75) is 44.2 Å². The van der Waals surface area contributed by atoms with Crippen LogP contribution in [-0.4, -0.2) is 19.9 Å². The fourth-order valence-electron chi connectivity index (χ4n) is 3.80. The van der Waals surface area contributed by atoms with Crippen LogP contribution in [0.1, 0.15) is 52.4 Å². The third-order valence-electron chi connectivity index (χ3n) is 5.75. The van der Waals surface area contributed by atoms with Crippen molar-refractivity contribution < 1.29 is 13.2 Å². The van der Waals surface area contributed by atoms with E-state index in [0.717, 1.165) is 35.0 Å². The van der Waals surface area contributed by atoms with Crippen LogP contribution in [0.15, 0.2) is 55.1 Å². The molecule has 0 bridgehead atoms. The molecule has 0 saturated heterocycles. The normalized spacial score (nSPS) is 14.3. The Balaban J connectivity index is 1.23. The molecule has 1 N–H and O–H groups in total. The van der Waals surface area contributed by atoms with Crippen LogP contribution in [0.2, 0.25) is 0 Å². The fraction of sp³-hybridized carbons (Fsp3) is 0.292. The van der Waals surface area contributed by atoms with Crippen molar-refractivity contribution in [3.8, 4) is 0 Å². The second kappa shape index (κ2) is 7.80. The predicted octanol–water partition coefficient (Wildman–Crippen LogP) is 5.63. The maximum Gasteiger partial charge on any atom is 0.433 e. The Kier molecular flexibility index (Phi) is 4.96. The molecule has 1 aliphatic rings. The van der Waals surface area contributed by atoms with Gasteiger partial charge in [-0.1, -0.05) is 12.1 Å². The van der Waals surface area contributed by atoms with Crippen LogP contribution in [-0.2, 0) is 25.4 Å². The van der Waals surface area contributed by atoms with Gasteiger partial charge in [0, 0.05) is 42.3 Å². The summed E-state index contributed by atoms with van der Waals surface area (Å²) in [5.41, 5.74) is 5.34. The Morgan fingerprint density at radius 2 is 1.71 bits per heavy atom. The number of nitrogens with one attached hydrogen (secondary N) is 1. The number of hydrogen-bond acceptors (Lipinski definition) is 3. The maximum atomic E-state index is 12.6. The molecule has 1 aliphatic carbocycles. The van der Waals surface area contributed by atoms with Crippen LogP contribution in [0.3, 0.4) is 0 Å². The summed E-state index contributed by atoms with van der Waals surface area (Å²) in [6.45, 7) is 0. The number of aromatic amines is 1. The highest BCUT2D eigenvalue weighted by Gasteiger charge is 2.32. The van der Waals surface area contributed by atoms with E-state index < -0.39 is 11.9 Å². The highest BCUT2D eigenvalue weighted by atomic mass is 19.4. The summed E-state index contributed by atoms with van der Waals surface area (Å²) in [4.78, 5) is 15.9. The molecule has 0 aromatic carbocycles. The molecule has 158 valence electrons. The van der Waals surface area contributed by atoms with Gasteiger partial charge in [0.15, 0.2) is 0 Å². The van der Waals surface area contributed by atoms with Crippen molar-refractivity contribution in [2.75, 3.05) is 0 Å². The van der Waals surface area contributed by atoms with E-state index in [1.54, 1.807) is 0 Å². The highest BCUT2D eigenvalue weighted by molar-refractivity contribution is 5.80. The molecular weight excluding hydrogens is 401 g/mol. The van der Waals surface area contributed by atoms with Crippen LogP contribution in [0.25, 0.3) is 11.0 Å². The quantitative estimate of drug-likeness (QED) is 0.438. The Morgan fingerprint density at radius 1 is 0.903 bits per heavy atom. The first-order chi connectivity index (χ1) is 15.0. The predicted molar refractivity (Wildman–Crippen MR) is 112 cm³/mol. The zero-order valence-corrected chi connectivity index (χ0v) is 16.8. The van der Waals surface area contributed by atoms with E-state index in [1.807, 2.05) is 24.7 Å². The van der Waals surface area contributed by atoms with Gasteiger partial charge in [0.2, 0.25) is 0 Å². The molecule has 0 spiro atoms. The summed E-state index contributed by atoms with van der Waals surface area (Å²) in [6, 6.07) is 8.80. The standard InChI is InChI=1S/C24H21F3N4/c25-24(26,27)22-8-3-15(11-29-22)1-6-20-7-2-16(12-28-20)9-19-14-31-23-21(19)10-18(13-30-23)17-4-5-17/h2-3,7-8,10-14,17H,1,4-6,9H2,(H,30,31). The van der Waals surface area contributed by atoms with E-state index >= 15 is 0 Å². The van der Waals surface area contributed by atoms with Gasteiger partial charge >= 0.3 is 6.18 Å². The summed E-state index contributed by atoms with van der Waals surface area (Å²) in [6.07, 6.45) is 7.26. The summed E-state index contributed by atoms with van der Waals surface area (Å²) >= 11 is 0. The van der Waals surface area contributed by atoms with Crippen LogP contribution in [0, 0.1) is 0 Å². The summed E-state index contributed by atoms with van der Waals surface area (Å²) in [5.74, 6) is 0.667. The number of nitrogens with zero attached hydrogens (tertiary/aromatic N) is 3. The molecule has 0 radical (unpaired) electrons. The molecule has 7 heteroatoms. The van der Waals surface area contributed by atoms with Gasteiger partial charge in [0.1, 0.15) is 11.3 Å². The molecule has 4 nitrogen and oxygen atoms in total. The first-order valence-electron chi connectivity index (χ1n) is 10.4. The Labute approximate surface area is 177 Å². The number of alkyl halides is 3. The number of hydrogen-bond donors (Lipinski definition) is 1. The molecule has 1 fully saturated rings. The smallest absolute Gasteiger partial charge is 0.346 e. The minimum Gasteiger partial charge on any atom is -0.346 e. The van der Waals surface area contributed by atoms with Crippen LogP contribution in [0.5, 0.6) is 0 Å². The second-order valence-corrected chi connectivity index (χ2v) is 8.14. The average molecular weight is 422 g/mol. The number of aryl methyl sites for hydroxylation is 2. The van der Waals surface area contributed by atoms with Gasteiger partial charge in [-0.25, -0.2) is 4.98 Å². The molecule has 4 aromatic rings. The van der Waals surface area contributed by atoms with Gasteiger partial charge in [0.25, 0.3) is 0 Å². The number of halogens is 3. The van der Waals surface area contributed by atoms with E-state index in [9.17, 15) is 13.2 Å². The zero-order chi connectivity index (χ0) is 21.4. The SMILES string of the molecule is FC(F)(F)c1ccc(CCc2ccc(Cc3c[nH]c4ncc(C5CC5)cc34)cn2)cn1. The summed E-state index contributed by atoms with van der Waals surface area (Å²) < 4.78 is 37.8. The van der Waals surface area contributed by atoms with E-state index in [1.165, 1.54) is 41.6 Å². The average Bonchev–Trinajstić information content (AvgIpc) is 3.55. The lowest BCUT2D eigenvalue weighted by Gasteiger charge is -2.07. The Bertz CT molecular complexity index is 1190. The lowest BCUT2D eigenvalue weighted by molar-refractivity contribution is -0.141. The number of H-pyrrole nitrogens is 1. The van der Waals surface area contributed by atoms with Crippen molar-refractivity contribution in [3.05, 3.63) is 88.8 Å². The third-order valence-corrected chi connectivity index (χ3v) is 5.75. The molecule has 0 unspecified atom stereocenters. The van der Waals surface area contributed by atoms with Crippen molar-refractivity contribution in [1.82, 2.24) is 19.9 Å². The van der Waals surface area contributed by atoms with E-state index in [4.69, 9.17) is 0 Å². The van der Waals surface area contributed by atoms with Gasteiger partial charge < -0.3 is 4.98 Å². The van der Waals surface area contributed by atoms with Crippen molar-refractivity contribution in [2.24, 2.45) is 0 Å². The minimum absolute atomic E-state index is 0.593. The van der Waals surface area contributed by atoms with Crippen molar-refractivity contribution in [1.29, 1.82) is 0 Å². The fourth-order valence-corrected chi connectivity index (χ4v) is 3.80. The molecule has 0 atom stereocenters. The first kappa shape index (κ1) is 19.7.